The van der Waals surface area contributed by atoms with Gasteiger partial charge in [-0.3, -0.25) is 9.69 Å². The fourth-order valence-electron chi connectivity index (χ4n) is 3.92. The first kappa shape index (κ1) is 16.3. The summed E-state index contributed by atoms with van der Waals surface area (Å²) in [6.45, 7) is 5.52. The van der Waals surface area contributed by atoms with Crippen molar-refractivity contribution >= 4 is 43.7 Å². The molecule has 6 heteroatoms. The number of hydrogen-bond acceptors (Lipinski definition) is 5. The minimum absolute atomic E-state index is 0.195. The van der Waals surface area contributed by atoms with Crippen LogP contribution >= 0.6 is 22.7 Å². The first-order valence-corrected chi connectivity index (χ1v) is 10.8. The van der Waals surface area contributed by atoms with Gasteiger partial charge in [-0.2, -0.15) is 0 Å². The van der Waals surface area contributed by atoms with Crippen molar-refractivity contribution in [2.45, 2.75) is 13.0 Å². The van der Waals surface area contributed by atoms with Gasteiger partial charge in [0.1, 0.15) is 0 Å². The number of para-hydroxylation sites is 1. The number of carbonyl (C=O) groups is 1. The molecule has 2 aliphatic heterocycles. The molecule has 1 saturated heterocycles. The molecule has 1 fully saturated rings. The highest BCUT2D eigenvalue weighted by Crippen LogP contribution is 2.31. The maximum atomic E-state index is 12.8. The van der Waals surface area contributed by atoms with E-state index >= 15 is 0 Å². The van der Waals surface area contributed by atoms with Crippen LogP contribution in [0, 0.1) is 0 Å². The van der Waals surface area contributed by atoms with E-state index in [0.717, 1.165) is 50.6 Å². The number of nitrogens with one attached hydrogen (secondary N) is 1. The zero-order chi connectivity index (χ0) is 17.5. The molecule has 26 heavy (non-hydrogen) atoms. The van der Waals surface area contributed by atoms with E-state index in [1.165, 1.54) is 26.2 Å². The average Bonchev–Trinajstić information content (AvgIpc) is 3.37. The summed E-state index contributed by atoms with van der Waals surface area (Å²) in [5, 5.41) is 5.61. The molecule has 1 amide bonds. The summed E-state index contributed by atoms with van der Waals surface area (Å²) in [6.07, 6.45) is 1.13. The van der Waals surface area contributed by atoms with E-state index in [4.69, 9.17) is 0 Å². The molecule has 0 saturated carbocycles. The van der Waals surface area contributed by atoms with E-state index in [0.29, 0.717) is 0 Å². The number of fused-ring (bicyclic) bond motifs is 2. The lowest BCUT2D eigenvalue weighted by atomic mass is 10.1. The Morgan fingerprint density at radius 2 is 2.00 bits per heavy atom. The first-order valence-electron chi connectivity index (χ1n) is 9.11. The van der Waals surface area contributed by atoms with Gasteiger partial charge in [-0.1, -0.05) is 18.2 Å². The molecule has 4 heterocycles. The van der Waals surface area contributed by atoms with Crippen LogP contribution in [-0.4, -0.2) is 48.4 Å². The molecule has 0 aliphatic carbocycles. The molecule has 1 N–H and O–H groups in total. The summed E-state index contributed by atoms with van der Waals surface area (Å²) in [5.74, 6) is 0.195. The molecular weight excluding hydrogens is 362 g/mol. The maximum Gasteiger partial charge on any atom is 0.264 e. The van der Waals surface area contributed by atoms with Gasteiger partial charge in [0.05, 0.1) is 4.88 Å². The Hall–Kier alpha value is -1.89. The number of nitrogens with zero attached hydrogens (tertiary/aromatic N) is 2. The number of benzene rings is 1. The molecule has 2 aliphatic rings. The van der Waals surface area contributed by atoms with Gasteiger partial charge < -0.3 is 10.2 Å². The van der Waals surface area contributed by atoms with Crippen LogP contribution in [0.25, 0.3) is 9.40 Å². The summed E-state index contributed by atoms with van der Waals surface area (Å²) in [6, 6.07) is 10.8. The van der Waals surface area contributed by atoms with E-state index in [-0.39, 0.29) is 5.91 Å². The highest BCUT2D eigenvalue weighted by Gasteiger charge is 2.24. The van der Waals surface area contributed by atoms with Crippen LogP contribution in [0.2, 0.25) is 0 Å². The Morgan fingerprint density at radius 3 is 2.85 bits per heavy atom. The third-order valence-corrected chi connectivity index (χ3v) is 7.42. The van der Waals surface area contributed by atoms with E-state index in [1.807, 2.05) is 4.90 Å². The number of anilines is 1. The summed E-state index contributed by atoms with van der Waals surface area (Å²) in [7, 11) is 0. The average molecular weight is 384 g/mol. The monoisotopic (exact) mass is 383 g/mol. The van der Waals surface area contributed by atoms with Crippen LogP contribution < -0.4 is 5.32 Å². The normalized spacial score (nSPS) is 17.5. The lowest BCUT2D eigenvalue weighted by molar-refractivity contribution is 0.0633. The predicted octanol–water partition coefficient (Wildman–Crippen LogP) is 3.89. The van der Waals surface area contributed by atoms with Crippen molar-refractivity contribution in [2.75, 3.05) is 38.0 Å². The van der Waals surface area contributed by atoms with Crippen molar-refractivity contribution < 1.29 is 4.79 Å². The summed E-state index contributed by atoms with van der Waals surface area (Å²) in [5.41, 5.74) is 4.16. The minimum Gasteiger partial charge on any atom is -0.384 e. The van der Waals surface area contributed by atoms with Gasteiger partial charge in [0.2, 0.25) is 0 Å². The molecular formula is C20H21N3OS2. The molecule has 0 unspecified atom stereocenters. The smallest absolute Gasteiger partial charge is 0.264 e. The van der Waals surface area contributed by atoms with Gasteiger partial charge in [-0.05, 0) is 35.1 Å². The van der Waals surface area contributed by atoms with Crippen LogP contribution in [0.5, 0.6) is 0 Å². The molecule has 0 bridgehead atoms. The van der Waals surface area contributed by atoms with Crippen LogP contribution in [0.4, 0.5) is 5.69 Å². The minimum atomic E-state index is 0.195. The van der Waals surface area contributed by atoms with Crippen molar-refractivity contribution in [3.63, 3.8) is 0 Å². The van der Waals surface area contributed by atoms with Crippen molar-refractivity contribution in [3.8, 4) is 0 Å². The lowest BCUT2D eigenvalue weighted by Crippen LogP contribution is -2.48. The molecule has 1 aromatic carbocycles. The van der Waals surface area contributed by atoms with Gasteiger partial charge in [0.25, 0.3) is 5.91 Å². The summed E-state index contributed by atoms with van der Waals surface area (Å²) in [4.78, 5) is 18.2. The topological polar surface area (TPSA) is 35.6 Å². The van der Waals surface area contributed by atoms with Gasteiger partial charge >= 0.3 is 0 Å². The molecule has 0 spiro atoms. The number of carbonyl (C=O) groups excluding carboxylic acids is 1. The van der Waals surface area contributed by atoms with Gasteiger partial charge in [0.15, 0.2) is 0 Å². The second-order valence-corrected chi connectivity index (χ2v) is 8.99. The third-order valence-electron chi connectivity index (χ3n) is 5.34. The zero-order valence-corrected chi connectivity index (χ0v) is 16.2. The highest BCUT2D eigenvalue weighted by atomic mass is 32.1. The number of hydrogen-bond donors (Lipinski definition) is 1. The Kier molecular flexibility index (Phi) is 4.19. The van der Waals surface area contributed by atoms with Crippen LogP contribution in [0.15, 0.2) is 35.7 Å². The van der Waals surface area contributed by atoms with Crippen molar-refractivity contribution in [3.05, 3.63) is 51.7 Å². The Bertz CT molecular complexity index is 925. The molecule has 3 aromatic rings. The Labute approximate surface area is 161 Å². The van der Waals surface area contributed by atoms with E-state index in [1.54, 1.807) is 22.7 Å². The van der Waals surface area contributed by atoms with E-state index in [9.17, 15) is 4.79 Å². The summed E-state index contributed by atoms with van der Waals surface area (Å²) < 4.78 is 2.45. The molecule has 134 valence electrons. The van der Waals surface area contributed by atoms with Crippen molar-refractivity contribution in [1.29, 1.82) is 0 Å². The highest BCUT2D eigenvalue weighted by molar-refractivity contribution is 7.27. The van der Waals surface area contributed by atoms with Gasteiger partial charge in [-0.15, -0.1) is 22.7 Å². The van der Waals surface area contributed by atoms with Gasteiger partial charge in [-0.25, -0.2) is 0 Å². The number of thiophene rings is 2. The maximum absolute atomic E-state index is 12.8. The SMILES string of the molecule is O=C(c1cc2sccc2s1)N1CCN(Cc2cccc3c2NCC3)CC1. The molecule has 0 atom stereocenters. The molecule has 2 aromatic heterocycles. The first-order chi connectivity index (χ1) is 12.8. The predicted molar refractivity (Wildman–Crippen MR) is 110 cm³/mol. The van der Waals surface area contributed by atoms with Crippen LogP contribution in [-0.2, 0) is 13.0 Å². The largest absolute Gasteiger partial charge is 0.384 e. The van der Waals surface area contributed by atoms with E-state index < -0.39 is 0 Å². The summed E-state index contributed by atoms with van der Waals surface area (Å²) >= 11 is 3.33. The fraction of sp³-hybridized carbons (Fsp3) is 0.350. The lowest BCUT2D eigenvalue weighted by Gasteiger charge is -2.34. The molecule has 5 rings (SSSR count). The van der Waals surface area contributed by atoms with Gasteiger partial charge in [0, 0.05) is 54.4 Å². The quantitative estimate of drug-likeness (QED) is 0.745. The second kappa shape index (κ2) is 6.68. The number of amides is 1. The van der Waals surface area contributed by atoms with E-state index in [2.05, 4.69) is 45.9 Å². The molecule has 4 nitrogen and oxygen atoms in total. The zero-order valence-electron chi connectivity index (χ0n) is 14.5. The van der Waals surface area contributed by atoms with Crippen LogP contribution in [0.3, 0.4) is 0 Å². The second-order valence-electron chi connectivity index (χ2n) is 6.96. The van der Waals surface area contributed by atoms with Crippen LogP contribution in [0.1, 0.15) is 20.8 Å². The fourth-order valence-corrected chi connectivity index (χ4v) is 6.00. The number of rotatable bonds is 3. The number of piperazine rings is 1. The Morgan fingerprint density at radius 1 is 1.12 bits per heavy atom. The standard InChI is InChI=1S/C20H21N3OS2/c24-20(18-12-17-16(26-18)5-11-25-17)23-9-7-22(8-10-23)13-15-3-1-2-14-4-6-21-19(14)15/h1-3,5,11-12,21H,4,6-10,13H2. The molecule has 0 radical (unpaired) electrons. The van der Waals surface area contributed by atoms with Crippen molar-refractivity contribution in [1.82, 2.24) is 9.80 Å². The Balaban J connectivity index is 1.23. The van der Waals surface area contributed by atoms with Crippen molar-refractivity contribution in [2.24, 2.45) is 0 Å². The third kappa shape index (κ3) is 2.92.